The summed E-state index contributed by atoms with van der Waals surface area (Å²) in [5, 5.41) is 0.532. The summed E-state index contributed by atoms with van der Waals surface area (Å²) in [7, 11) is 0. The summed E-state index contributed by atoms with van der Waals surface area (Å²) >= 11 is 2.04. The summed E-state index contributed by atoms with van der Waals surface area (Å²) in [6.45, 7) is 9.44. The van der Waals surface area contributed by atoms with Crippen LogP contribution in [0.4, 0.5) is 0 Å². The lowest BCUT2D eigenvalue weighted by Crippen LogP contribution is -2.23. The summed E-state index contributed by atoms with van der Waals surface area (Å²) in [5.74, 6) is 1.26. The molecule has 0 N–H and O–H groups in total. The Kier molecular flexibility index (Phi) is 6.42. The molecule has 0 aliphatic carbocycles. The van der Waals surface area contributed by atoms with Crippen molar-refractivity contribution in [3.63, 3.8) is 0 Å². The molecule has 1 saturated heterocycles. The standard InChI is InChI=1S/C13H24OS/c1-4-5-6-10-15-13(11(2)3)12-8-7-9-14-12/h12-13H,2,4-10H2,1,3H3. The van der Waals surface area contributed by atoms with Crippen molar-refractivity contribution >= 4 is 11.8 Å². The van der Waals surface area contributed by atoms with Crippen LogP contribution in [0.25, 0.3) is 0 Å². The molecule has 1 aliphatic heterocycles. The first-order valence-corrected chi connectivity index (χ1v) is 7.19. The highest BCUT2D eigenvalue weighted by atomic mass is 32.2. The van der Waals surface area contributed by atoms with Gasteiger partial charge < -0.3 is 4.74 Å². The van der Waals surface area contributed by atoms with Crippen LogP contribution in [0.3, 0.4) is 0 Å². The lowest BCUT2D eigenvalue weighted by molar-refractivity contribution is 0.115. The van der Waals surface area contributed by atoms with Gasteiger partial charge in [0.2, 0.25) is 0 Å². The van der Waals surface area contributed by atoms with Crippen LogP contribution in [-0.4, -0.2) is 23.7 Å². The molecule has 1 rings (SSSR count). The lowest BCUT2D eigenvalue weighted by Gasteiger charge is -2.22. The van der Waals surface area contributed by atoms with Gasteiger partial charge in [0, 0.05) is 6.61 Å². The van der Waals surface area contributed by atoms with Gasteiger partial charge in [0.05, 0.1) is 11.4 Å². The van der Waals surface area contributed by atoms with Crippen molar-refractivity contribution in [2.45, 2.75) is 57.3 Å². The van der Waals surface area contributed by atoms with Gasteiger partial charge in [-0.1, -0.05) is 31.9 Å². The Hall–Kier alpha value is 0.0500. The van der Waals surface area contributed by atoms with E-state index in [0.29, 0.717) is 11.4 Å². The Morgan fingerprint density at radius 1 is 1.53 bits per heavy atom. The van der Waals surface area contributed by atoms with E-state index in [-0.39, 0.29) is 0 Å². The van der Waals surface area contributed by atoms with Gasteiger partial charge in [-0.3, -0.25) is 0 Å². The molecule has 15 heavy (non-hydrogen) atoms. The SMILES string of the molecule is C=C(C)C(SCCCCC)C1CCCO1. The fourth-order valence-electron chi connectivity index (χ4n) is 1.97. The minimum absolute atomic E-state index is 0.439. The minimum atomic E-state index is 0.439. The number of unbranched alkanes of at least 4 members (excludes halogenated alkanes) is 2. The van der Waals surface area contributed by atoms with Crippen LogP contribution < -0.4 is 0 Å². The van der Waals surface area contributed by atoms with Crippen LogP contribution in [0.5, 0.6) is 0 Å². The molecule has 0 radical (unpaired) electrons. The molecule has 2 atom stereocenters. The summed E-state index contributed by atoms with van der Waals surface area (Å²) < 4.78 is 5.75. The summed E-state index contributed by atoms with van der Waals surface area (Å²) in [4.78, 5) is 0. The number of rotatable bonds is 7. The first-order chi connectivity index (χ1) is 7.25. The highest BCUT2D eigenvalue weighted by Gasteiger charge is 2.26. The van der Waals surface area contributed by atoms with Crippen LogP contribution in [0.15, 0.2) is 12.2 Å². The molecule has 0 amide bonds. The van der Waals surface area contributed by atoms with Crippen molar-refractivity contribution in [1.82, 2.24) is 0 Å². The van der Waals surface area contributed by atoms with E-state index < -0.39 is 0 Å². The Balaban J connectivity index is 2.27. The zero-order valence-corrected chi connectivity index (χ0v) is 10.9. The molecule has 0 saturated carbocycles. The Bertz CT molecular complexity index is 185. The van der Waals surface area contributed by atoms with Gasteiger partial charge in [-0.2, -0.15) is 11.8 Å². The van der Waals surface area contributed by atoms with Crippen molar-refractivity contribution in [3.05, 3.63) is 12.2 Å². The predicted molar refractivity (Wildman–Crippen MR) is 69.6 cm³/mol. The van der Waals surface area contributed by atoms with Crippen LogP contribution in [0.2, 0.25) is 0 Å². The van der Waals surface area contributed by atoms with Crippen LogP contribution >= 0.6 is 11.8 Å². The van der Waals surface area contributed by atoms with E-state index in [1.54, 1.807) is 0 Å². The van der Waals surface area contributed by atoms with E-state index in [9.17, 15) is 0 Å². The maximum atomic E-state index is 5.75. The molecule has 1 nitrogen and oxygen atoms in total. The third-order valence-electron chi connectivity index (χ3n) is 2.83. The van der Waals surface area contributed by atoms with Crippen LogP contribution in [0, 0.1) is 0 Å². The molecule has 0 aromatic heterocycles. The smallest absolute Gasteiger partial charge is 0.0731 e. The largest absolute Gasteiger partial charge is 0.377 e. The zero-order valence-electron chi connectivity index (χ0n) is 10.1. The number of hydrogen-bond acceptors (Lipinski definition) is 2. The van der Waals surface area contributed by atoms with Gasteiger partial charge in [-0.25, -0.2) is 0 Å². The van der Waals surface area contributed by atoms with E-state index in [1.807, 2.05) is 11.8 Å². The van der Waals surface area contributed by atoms with Crippen molar-refractivity contribution in [2.24, 2.45) is 0 Å². The number of thioether (sulfide) groups is 1. The van der Waals surface area contributed by atoms with Crippen molar-refractivity contribution in [1.29, 1.82) is 0 Å². The average Bonchev–Trinajstić information content (AvgIpc) is 2.70. The van der Waals surface area contributed by atoms with Gasteiger partial charge in [-0.15, -0.1) is 0 Å². The number of hydrogen-bond donors (Lipinski definition) is 0. The molecule has 2 heteroatoms. The molecule has 1 heterocycles. The topological polar surface area (TPSA) is 9.23 Å². The molecule has 1 fully saturated rings. The molecular formula is C13H24OS. The maximum absolute atomic E-state index is 5.75. The van der Waals surface area contributed by atoms with Crippen LogP contribution in [0.1, 0.15) is 46.0 Å². The second-order valence-electron chi connectivity index (χ2n) is 4.40. The first-order valence-electron chi connectivity index (χ1n) is 6.14. The molecule has 0 aromatic carbocycles. The van der Waals surface area contributed by atoms with Gasteiger partial charge in [0.15, 0.2) is 0 Å². The molecule has 0 bridgehead atoms. The van der Waals surface area contributed by atoms with Gasteiger partial charge in [0.1, 0.15) is 0 Å². The molecule has 0 aromatic rings. The van der Waals surface area contributed by atoms with Gasteiger partial charge >= 0.3 is 0 Å². The lowest BCUT2D eigenvalue weighted by atomic mass is 10.1. The highest BCUT2D eigenvalue weighted by molar-refractivity contribution is 8.00. The van der Waals surface area contributed by atoms with Gasteiger partial charge in [0.25, 0.3) is 0 Å². The van der Waals surface area contributed by atoms with Crippen LogP contribution in [-0.2, 0) is 4.74 Å². The Labute approximate surface area is 98.7 Å². The summed E-state index contributed by atoms with van der Waals surface area (Å²) in [6.07, 6.45) is 6.87. The van der Waals surface area contributed by atoms with Crippen molar-refractivity contribution in [3.8, 4) is 0 Å². The third-order valence-corrected chi connectivity index (χ3v) is 4.42. The fourth-order valence-corrected chi connectivity index (χ4v) is 3.31. The molecule has 88 valence electrons. The number of ether oxygens (including phenoxy) is 1. The Morgan fingerprint density at radius 3 is 2.87 bits per heavy atom. The second kappa shape index (κ2) is 7.34. The van der Waals surface area contributed by atoms with Crippen molar-refractivity contribution < 1.29 is 4.74 Å². The zero-order chi connectivity index (χ0) is 11.1. The molecule has 1 aliphatic rings. The summed E-state index contributed by atoms with van der Waals surface area (Å²) in [5.41, 5.74) is 1.28. The second-order valence-corrected chi connectivity index (χ2v) is 5.65. The van der Waals surface area contributed by atoms with E-state index in [2.05, 4.69) is 20.4 Å². The quantitative estimate of drug-likeness (QED) is 0.480. The van der Waals surface area contributed by atoms with E-state index >= 15 is 0 Å². The molecule has 0 spiro atoms. The van der Waals surface area contributed by atoms with Crippen molar-refractivity contribution in [2.75, 3.05) is 12.4 Å². The minimum Gasteiger partial charge on any atom is -0.377 e. The molecule has 2 unspecified atom stereocenters. The average molecular weight is 228 g/mol. The monoisotopic (exact) mass is 228 g/mol. The van der Waals surface area contributed by atoms with E-state index in [1.165, 1.54) is 43.4 Å². The summed E-state index contributed by atoms with van der Waals surface area (Å²) in [6, 6.07) is 0. The fraction of sp³-hybridized carbons (Fsp3) is 0.846. The Morgan fingerprint density at radius 2 is 2.33 bits per heavy atom. The predicted octanol–water partition coefficient (Wildman–Crippen LogP) is 4.03. The third kappa shape index (κ3) is 4.60. The van der Waals surface area contributed by atoms with Gasteiger partial charge in [-0.05, 0) is 31.9 Å². The maximum Gasteiger partial charge on any atom is 0.0731 e. The van der Waals surface area contributed by atoms with E-state index in [4.69, 9.17) is 4.74 Å². The molecular weight excluding hydrogens is 204 g/mol. The normalized spacial score (nSPS) is 22.9. The first kappa shape index (κ1) is 13.1. The van der Waals surface area contributed by atoms with E-state index in [0.717, 1.165) is 6.61 Å². The highest BCUT2D eigenvalue weighted by Crippen LogP contribution is 2.30.